The number of hydrogen-bond donors (Lipinski definition) is 1. The standard InChI is InChI=1S/C12H14BrClN4O/c1-19-6-5-18-12(8(13)7-17-18)10(15)11-9(14)3-2-4-16-11/h2-4,7,10H,5-6,15H2,1H3. The van der Waals surface area contributed by atoms with Crippen LogP contribution in [0.2, 0.25) is 5.02 Å². The predicted octanol–water partition coefficient (Wildman–Crippen LogP) is 2.39. The smallest absolute Gasteiger partial charge is 0.0923 e. The molecule has 2 aromatic rings. The van der Waals surface area contributed by atoms with Crippen LogP contribution in [0.25, 0.3) is 0 Å². The Bertz CT molecular complexity index is 560. The highest BCUT2D eigenvalue weighted by Gasteiger charge is 2.21. The second-order valence-corrected chi connectivity index (χ2v) is 5.20. The SMILES string of the molecule is COCCn1ncc(Br)c1C(N)c1ncccc1Cl. The number of nitrogens with two attached hydrogens (primary N) is 1. The molecule has 0 spiro atoms. The van der Waals surface area contributed by atoms with E-state index >= 15 is 0 Å². The van der Waals surface area contributed by atoms with E-state index in [2.05, 4.69) is 26.0 Å². The molecular formula is C12H14BrClN4O. The van der Waals surface area contributed by atoms with E-state index < -0.39 is 6.04 Å². The van der Waals surface area contributed by atoms with Crippen molar-refractivity contribution in [2.75, 3.05) is 13.7 Å². The van der Waals surface area contributed by atoms with E-state index in [0.717, 1.165) is 10.2 Å². The van der Waals surface area contributed by atoms with Gasteiger partial charge in [0, 0.05) is 13.3 Å². The molecule has 2 aromatic heterocycles. The van der Waals surface area contributed by atoms with Crippen LogP contribution < -0.4 is 5.73 Å². The molecule has 0 saturated carbocycles. The number of nitrogens with zero attached hydrogens (tertiary/aromatic N) is 3. The van der Waals surface area contributed by atoms with Crippen LogP contribution in [-0.2, 0) is 11.3 Å². The zero-order valence-electron chi connectivity index (χ0n) is 10.4. The highest BCUT2D eigenvalue weighted by molar-refractivity contribution is 9.10. The fraction of sp³-hybridized carbons (Fsp3) is 0.333. The fourth-order valence-corrected chi connectivity index (χ4v) is 2.58. The number of methoxy groups -OCH3 is 1. The zero-order chi connectivity index (χ0) is 13.8. The van der Waals surface area contributed by atoms with E-state index in [0.29, 0.717) is 23.9 Å². The molecule has 0 bridgehead atoms. The van der Waals surface area contributed by atoms with Gasteiger partial charge in [0.1, 0.15) is 0 Å². The van der Waals surface area contributed by atoms with Crippen LogP contribution in [0.3, 0.4) is 0 Å². The van der Waals surface area contributed by atoms with Crippen LogP contribution in [0.4, 0.5) is 0 Å². The maximum Gasteiger partial charge on any atom is 0.0923 e. The molecule has 0 fully saturated rings. The van der Waals surface area contributed by atoms with Crippen molar-refractivity contribution < 1.29 is 4.74 Å². The molecule has 2 N–H and O–H groups in total. The van der Waals surface area contributed by atoms with Gasteiger partial charge < -0.3 is 10.5 Å². The minimum Gasteiger partial charge on any atom is -0.383 e. The summed E-state index contributed by atoms with van der Waals surface area (Å²) in [4.78, 5) is 4.25. The molecule has 0 amide bonds. The van der Waals surface area contributed by atoms with Gasteiger partial charge in [-0.1, -0.05) is 11.6 Å². The zero-order valence-corrected chi connectivity index (χ0v) is 12.7. The third-order valence-corrected chi connectivity index (χ3v) is 3.65. The first-order valence-corrected chi connectivity index (χ1v) is 6.88. The van der Waals surface area contributed by atoms with Gasteiger partial charge >= 0.3 is 0 Å². The lowest BCUT2D eigenvalue weighted by Gasteiger charge is -2.15. The Balaban J connectivity index is 2.35. The van der Waals surface area contributed by atoms with Crippen molar-refractivity contribution in [2.24, 2.45) is 5.73 Å². The summed E-state index contributed by atoms with van der Waals surface area (Å²) >= 11 is 9.59. The Kier molecular flexibility index (Phi) is 4.93. The molecule has 0 aliphatic heterocycles. The molecule has 1 unspecified atom stereocenters. The number of pyridine rings is 1. The van der Waals surface area contributed by atoms with Gasteiger partial charge in [-0.15, -0.1) is 0 Å². The summed E-state index contributed by atoms with van der Waals surface area (Å²) < 4.78 is 7.69. The summed E-state index contributed by atoms with van der Waals surface area (Å²) in [6.45, 7) is 1.18. The molecule has 5 nitrogen and oxygen atoms in total. The van der Waals surface area contributed by atoms with Gasteiger partial charge in [0.15, 0.2) is 0 Å². The van der Waals surface area contributed by atoms with Gasteiger partial charge in [0.05, 0.1) is 46.3 Å². The maximum absolute atomic E-state index is 6.26. The van der Waals surface area contributed by atoms with E-state index in [1.807, 2.05) is 0 Å². The quantitative estimate of drug-likeness (QED) is 0.903. The van der Waals surface area contributed by atoms with Gasteiger partial charge in [-0.3, -0.25) is 9.67 Å². The lowest BCUT2D eigenvalue weighted by Crippen LogP contribution is -2.20. The van der Waals surface area contributed by atoms with Gasteiger partial charge in [-0.25, -0.2) is 0 Å². The molecule has 0 aliphatic rings. The molecule has 19 heavy (non-hydrogen) atoms. The van der Waals surface area contributed by atoms with Gasteiger partial charge in [0.25, 0.3) is 0 Å². The molecule has 2 heterocycles. The number of ether oxygens (including phenoxy) is 1. The van der Waals surface area contributed by atoms with Crippen molar-refractivity contribution in [1.29, 1.82) is 0 Å². The average Bonchev–Trinajstić information content (AvgIpc) is 2.77. The van der Waals surface area contributed by atoms with Crippen molar-refractivity contribution in [3.63, 3.8) is 0 Å². The van der Waals surface area contributed by atoms with E-state index in [1.54, 1.807) is 36.3 Å². The van der Waals surface area contributed by atoms with Crippen molar-refractivity contribution >= 4 is 27.5 Å². The second-order valence-electron chi connectivity index (χ2n) is 3.94. The van der Waals surface area contributed by atoms with Crippen LogP contribution in [-0.4, -0.2) is 28.5 Å². The molecule has 2 rings (SSSR count). The lowest BCUT2D eigenvalue weighted by atomic mass is 10.1. The second kappa shape index (κ2) is 6.47. The molecular weight excluding hydrogens is 332 g/mol. The van der Waals surface area contributed by atoms with Gasteiger partial charge in [0.2, 0.25) is 0 Å². The molecule has 102 valence electrons. The molecule has 0 aliphatic carbocycles. The molecule has 0 saturated heterocycles. The average molecular weight is 346 g/mol. The van der Waals surface area contributed by atoms with Crippen LogP contribution in [0.1, 0.15) is 17.4 Å². The number of rotatable bonds is 5. The van der Waals surface area contributed by atoms with E-state index in [-0.39, 0.29) is 0 Å². The Morgan fingerprint density at radius 1 is 1.58 bits per heavy atom. The van der Waals surface area contributed by atoms with Crippen molar-refractivity contribution in [3.05, 3.63) is 45.4 Å². The molecule has 0 radical (unpaired) electrons. The first-order valence-electron chi connectivity index (χ1n) is 5.71. The maximum atomic E-state index is 6.26. The van der Waals surface area contributed by atoms with Crippen LogP contribution in [0, 0.1) is 0 Å². The molecule has 1 atom stereocenters. The van der Waals surface area contributed by atoms with E-state index in [9.17, 15) is 0 Å². The summed E-state index contributed by atoms with van der Waals surface area (Å²) in [6, 6.07) is 3.10. The van der Waals surface area contributed by atoms with Crippen molar-refractivity contribution in [2.45, 2.75) is 12.6 Å². The monoisotopic (exact) mass is 344 g/mol. The van der Waals surface area contributed by atoms with Crippen molar-refractivity contribution in [3.8, 4) is 0 Å². The van der Waals surface area contributed by atoms with Gasteiger partial charge in [-0.05, 0) is 28.1 Å². The summed E-state index contributed by atoms with van der Waals surface area (Å²) in [6.07, 6.45) is 3.38. The summed E-state index contributed by atoms with van der Waals surface area (Å²) in [5.41, 5.74) is 7.72. The lowest BCUT2D eigenvalue weighted by molar-refractivity contribution is 0.182. The van der Waals surface area contributed by atoms with Crippen LogP contribution in [0.15, 0.2) is 29.0 Å². The first kappa shape index (κ1) is 14.5. The predicted molar refractivity (Wildman–Crippen MR) is 77.1 cm³/mol. The number of halogens is 2. The summed E-state index contributed by atoms with van der Waals surface area (Å²) in [5.74, 6) is 0. The Labute approximate surface area is 124 Å². The van der Waals surface area contributed by atoms with Crippen LogP contribution in [0.5, 0.6) is 0 Å². The van der Waals surface area contributed by atoms with Crippen LogP contribution >= 0.6 is 27.5 Å². The van der Waals surface area contributed by atoms with Gasteiger partial charge in [-0.2, -0.15) is 5.10 Å². The third kappa shape index (κ3) is 3.14. The molecule has 7 heteroatoms. The highest BCUT2D eigenvalue weighted by Crippen LogP contribution is 2.29. The minimum atomic E-state index is -0.442. The highest BCUT2D eigenvalue weighted by atomic mass is 79.9. The summed E-state index contributed by atoms with van der Waals surface area (Å²) in [5, 5.41) is 4.81. The first-order chi connectivity index (χ1) is 9.15. The Hall–Kier alpha value is -0.950. The fourth-order valence-electron chi connectivity index (χ4n) is 1.79. The third-order valence-electron chi connectivity index (χ3n) is 2.72. The Morgan fingerprint density at radius 2 is 2.37 bits per heavy atom. The summed E-state index contributed by atoms with van der Waals surface area (Å²) in [7, 11) is 1.65. The number of hydrogen-bond acceptors (Lipinski definition) is 4. The number of aromatic nitrogens is 3. The largest absolute Gasteiger partial charge is 0.383 e. The van der Waals surface area contributed by atoms with E-state index in [1.165, 1.54) is 0 Å². The minimum absolute atomic E-state index is 0.442. The van der Waals surface area contributed by atoms with Crippen molar-refractivity contribution in [1.82, 2.24) is 14.8 Å². The molecule has 0 aromatic carbocycles. The topological polar surface area (TPSA) is 66.0 Å². The normalized spacial score (nSPS) is 12.6. The Morgan fingerprint density at radius 3 is 3.05 bits per heavy atom. The van der Waals surface area contributed by atoms with E-state index in [4.69, 9.17) is 22.1 Å².